The fourth-order valence-corrected chi connectivity index (χ4v) is 6.31. The first-order valence-corrected chi connectivity index (χ1v) is 14.8. The average molecular weight is 529 g/mol. The van der Waals surface area contributed by atoms with Crippen LogP contribution in [-0.2, 0) is 0 Å². The summed E-state index contributed by atoms with van der Waals surface area (Å²) in [6.07, 6.45) is 12.0. The molecule has 0 unspecified atom stereocenters. The molecule has 0 saturated heterocycles. The molecular formula is C30H48N4O4. The molecular weight excluding hydrogens is 480 g/mol. The molecule has 0 radical (unpaired) electrons. The lowest BCUT2D eigenvalue weighted by atomic mass is 9.89. The number of hydrogen-bond donors (Lipinski definition) is 3. The molecule has 8 nitrogen and oxygen atoms in total. The molecule has 3 aliphatic rings. The van der Waals surface area contributed by atoms with Crippen molar-refractivity contribution in [2.24, 2.45) is 11.8 Å². The molecule has 1 aromatic rings. The first kappa shape index (κ1) is 28.7. The zero-order valence-electron chi connectivity index (χ0n) is 23.6. The van der Waals surface area contributed by atoms with Crippen molar-refractivity contribution in [3.05, 3.63) is 23.8 Å². The number of amides is 3. The number of nitrogens with zero attached hydrogens (tertiary/aromatic N) is 2. The van der Waals surface area contributed by atoms with Gasteiger partial charge in [0.2, 0.25) is 0 Å². The maximum Gasteiger partial charge on any atom is 0.319 e. The van der Waals surface area contributed by atoms with E-state index in [2.05, 4.69) is 29.5 Å². The van der Waals surface area contributed by atoms with Crippen LogP contribution in [0.3, 0.4) is 0 Å². The van der Waals surface area contributed by atoms with E-state index in [4.69, 9.17) is 4.74 Å². The van der Waals surface area contributed by atoms with Crippen LogP contribution in [0.5, 0.6) is 5.75 Å². The average Bonchev–Trinajstić information content (AvgIpc) is 2.91. The highest BCUT2D eigenvalue weighted by atomic mass is 16.5. The Morgan fingerprint density at radius 3 is 2.47 bits per heavy atom. The Morgan fingerprint density at radius 1 is 1.11 bits per heavy atom. The SMILES string of the molecule is C[C@@H]1CN([C@H](C)CO)C(=O)c2cc(NC(=O)NC3CCCCC3)ccc2O[C@H]1CN(C)CC1CCCCC1. The maximum absolute atomic E-state index is 13.7. The molecule has 3 atom stereocenters. The molecule has 212 valence electrons. The van der Waals surface area contributed by atoms with Crippen LogP contribution in [0, 0.1) is 11.8 Å². The lowest BCUT2D eigenvalue weighted by Crippen LogP contribution is -2.50. The summed E-state index contributed by atoms with van der Waals surface area (Å²) in [6.45, 7) is 6.23. The summed E-state index contributed by atoms with van der Waals surface area (Å²) >= 11 is 0. The molecule has 2 fully saturated rings. The maximum atomic E-state index is 13.7. The second-order valence-electron chi connectivity index (χ2n) is 12.0. The van der Waals surface area contributed by atoms with Gasteiger partial charge >= 0.3 is 6.03 Å². The Hall–Kier alpha value is -2.32. The molecule has 3 amide bonds. The summed E-state index contributed by atoms with van der Waals surface area (Å²) in [4.78, 5) is 30.5. The van der Waals surface area contributed by atoms with Crippen molar-refractivity contribution < 1.29 is 19.4 Å². The van der Waals surface area contributed by atoms with Gasteiger partial charge in [-0.3, -0.25) is 4.79 Å². The van der Waals surface area contributed by atoms with Crippen molar-refractivity contribution in [1.29, 1.82) is 0 Å². The van der Waals surface area contributed by atoms with Gasteiger partial charge in [0.15, 0.2) is 0 Å². The van der Waals surface area contributed by atoms with Crippen LogP contribution in [0.1, 0.15) is 88.4 Å². The van der Waals surface area contributed by atoms with E-state index in [1.807, 2.05) is 6.92 Å². The number of aliphatic hydroxyl groups excluding tert-OH is 1. The van der Waals surface area contributed by atoms with Crippen LogP contribution in [0.15, 0.2) is 18.2 Å². The van der Waals surface area contributed by atoms with Crippen LogP contribution >= 0.6 is 0 Å². The van der Waals surface area contributed by atoms with Gasteiger partial charge in [-0.15, -0.1) is 0 Å². The highest BCUT2D eigenvalue weighted by Gasteiger charge is 2.34. The number of aliphatic hydroxyl groups is 1. The molecule has 1 aliphatic heterocycles. The quantitative estimate of drug-likeness (QED) is 0.447. The van der Waals surface area contributed by atoms with E-state index >= 15 is 0 Å². The van der Waals surface area contributed by atoms with Crippen molar-refractivity contribution in [3.8, 4) is 5.75 Å². The van der Waals surface area contributed by atoms with Gasteiger partial charge < -0.3 is 30.3 Å². The lowest BCUT2D eigenvalue weighted by Gasteiger charge is -2.38. The largest absolute Gasteiger partial charge is 0.488 e. The standard InChI is InChI=1S/C30H48N4O4/c1-21-17-34(22(2)20-35)29(36)26-16-25(32-30(37)31-24-12-8-5-9-13-24)14-15-27(26)38-28(21)19-33(3)18-23-10-6-4-7-11-23/h14-16,21-24,28,35H,4-13,17-20H2,1-3H3,(H2,31,32,37)/t21-,22-,28+/m1/s1. The molecule has 0 bridgehead atoms. The van der Waals surface area contributed by atoms with Gasteiger partial charge in [-0.2, -0.15) is 0 Å². The first-order chi connectivity index (χ1) is 18.3. The molecule has 0 spiro atoms. The minimum Gasteiger partial charge on any atom is -0.488 e. The monoisotopic (exact) mass is 528 g/mol. The van der Waals surface area contributed by atoms with Crippen LogP contribution in [0.2, 0.25) is 0 Å². The van der Waals surface area contributed by atoms with Gasteiger partial charge in [0.05, 0.1) is 18.2 Å². The van der Waals surface area contributed by atoms with E-state index in [-0.39, 0.29) is 42.7 Å². The van der Waals surface area contributed by atoms with Gasteiger partial charge in [0, 0.05) is 37.3 Å². The van der Waals surface area contributed by atoms with E-state index in [1.165, 1.54) is 38.5 Å². The summed E-state index contributed by atoms with van der Waals surface area (Å²) < 4.78 is 6.54. The Labute approximate surface area is 228 Å². The van der Waals surface area contributed by atoms with E-state index in [0.29, 0.717) is 23.5 Å². The normalized spacial score (nSPS) is 24.2. The second-order valence-corrected chi connectivity index (χ2v) is 12.0. The molecule has 4 rings (SSSR count). The van der Waals surface area contributed by atoms with E-state index in [1.54, 1.807) is 23.1 Å². The second kappa shape index (κ2) is 13.7. The number of carbonyl (C=O) groups excluding carboxylic acids is 2. The summed E-state index contributed by atoms with van der Waals surface area (Å²) in [5.41, 5.74) is 0.984. The Morgan fingerprint density at radius 2 is 1.79 bits per heavy atom. The van der Waals surface area contributed by atoms with Gasteiger partial charge in [0.1, 0.15) is 11.9 Å². The van der Waals surface area contributed by atoms with E-state index < -0.39 is 0 Å². The Bertz CT molecular complexity index is 929. The molecule has 3 N–H and O–H groups in total. The van der Waals surface area contributed by atoms with Gasteiger partial charge in [0.25, 0.3) is 5.91 Å². The van der Waals surface area contributed by atoms with Crippen molar-refractivity contribution in [2.75, 3.05) is 38.6 Å². The third-order valence-corrected chi connectivity index (χ3v) is 8.65. The summed E-state index contributed by atoms with van der Waals surface area (Å²) in [5, 5.41) is 15.9. The van der Waals surface area contributed by atoms with Gasteiger partial charge in [-0.25, -0.2) is 4.79 Å². The molecule has 38 heavy (non-hydrogen) atoms. The van der Waals surface area contributed by atoms with E-state index in [9.17, 15) is 14.7 Å². The van der Waals surface area contributed by atoms with Crippen molar-refractivity contribution in [1.82, 2.24) is 15.1 Å². The predicted octanol–water partition coefficient (Wildman–Crippen LogP) is 4.87. The number of rotatable bonds is 8. The van der Waals surface area contributed by atoms with Crippen LogP contribution in [-0.4, -0.2) is 78.3 Å². The van der Waals surface area contributed by atoms with Gasteiger partial charge in [-0.1, -0.05) is 45.4 Å². The Balaban J connectivity index is 1.50. The summed E-state index contributed by atoms with van der Waals surface area (Å²) in [5.74, 6) is 1.18. The zero-order valence-corrected chi connectivity index (χ0v) is 23.6. The topological polar surface area (TPSA) is 94.1 Å². The van der Waals surface area contributed by atoms with Crippen molar-refractivity contribution >= 4 is 17.6 Å². The van der Waals surface area contributed by atoms with Crippen LogP contribution in [0.25, 0.3) is 0 Å². The number of ether oxygens (including phenoxy) is 1. The van der Waals surface area contributed by atoms with Crippen LogP contribution < -0.4 is 15.4 Å². The third kappa shape index (κ3) is 7.63. The fourth-order valence-electron chi connectivity index (χ4n) is 6.31. The molecule has 2 aliphatic carbocycles. The number of likely N-dealkylation sites (N-methyl/N-ethyl adjacent to an activating group) is 1. The highest BCUT2D eigenvalue weighted by molar-refractivity contribution is 5.99. The third-order valence-electron chi connectivity index (χ3n) is 8.65. The van der Waals surface area contributed by atoms with Crippen molar-refractivity contribution in [3.63, 3.8) is 0 Å². The minimum absolute atomic E-state index is 0.0916. The molecule has 2 saturated carbocycles. The number of urea groups is 1. The molecule has 0 aromatic heterocycles. The minimum atomic E-state index is -0.317. The molecule has 1 aromatic carbocycles. The number of hydrogen-bond acceptors (Lipinski definition) is 5. The Kier molecular flexibility index (Phi) is 10.3. The number of anilines is 1. The number of fused-ring (bicyclic) bond motifs is 1. The van der Waals surface area contributed by atoms with Crippen molar-refractivity contribution in [2.45, 2.75) is 96.2 Å². The highest BCUT2D eigenvalue weighted by Crippen LogP contribution is 2.31. The number of carbonyl (C=O) groups is 2. The predicted molar refractivity (Wildman–Crippen MR) is 151 cm³/mol. The smallest absolute Gasteiger partial charge is 0.319 e. The number of benzene rings is 1. The van der Waals surface area contributed by atoms with Gasteiger partial charge in [-0.05, 0) is 63.8 Å². The first-order valence-electron chi connectivity index (χ1n) is 14.8. The summed E-state index contributed by atoms with van der Waals surface area (Å²) in [6, 6.07) is 4.97. The zero-order chi connectivity index (χ0) is 27.1. The fraction of sp³-hybridized carbons (Fsp3) is 0.733. The number of nitrogens with one attached hydrogen (secondary N) is 2. The molecule has 1 heterocycles. The molecule has 8 heteroatoms. The summed E-state index contributed by atoms with van der Waals surface area (Å²) in [7, 11) is 2.17. The lowest BCUT2D eigenvalue weighted by molar-refractivity contribution is 0.0330. The van der Waals surface area contributed by atoms with E-state index in [0.717, 1.165) is 44.7 Å². The van der Waals surface area contributed by atoms with Crippen LogP contribution in [0.4, 0.5) is 10.5 Å².